The third-order valence-electron chi connectivity index (χ3n) is 6.18. The summed E-state index contributed by atoms with van der Waals surface area (Å²) in [6.45, 7) is 1.19. The minimum Gasteiger partial charge on any atom is -0.476 e. The molecule has 1 aliphatic heterocycles. The monoisotopic (exact) mass is 418 g/mol. The van der Waals surface area contributed by atoms with Crippen molar-refractivity contribution in [3.63, 3.8) is 0 Å². The number of hydrogen-bond acceptors (Lipinski definition) is 5. The summed E-state index contributed by atoms with van der Waals surface area (Å²) >= 11 is 0. The average Bonchev–Trinajstić information content (AvgIpc) is 3.41. The molecule has 2 aromatic carbocycles. The lowest BCUT2D eigenvalue weighted by molar-refractivity contribution is 0.0685. The molecule has 1 aliphatic carbocycles. The molecular weight excluding hydrogens is 396 g/mol. The van der Waals surface area contributed by atoms with Gasteiger partial charge in [0.05, 0.1) is 0 Å². The summed E-state index contributed by atoms with van der Waals surface area (Å²) in [5, 5.41) is 9.30. The number of likely N-dealkylation sites (tertiary alicyclic amines) is 1. The van der Waals surface area contributed by atoms with Gasteiger partial charge in [-0.25, -0.2) is 14.6 Å². The standard InChI is InChI=1S/C24H22N2O5/c27-23(28)21-22(31-14-25-21)15-6-5-11-26(12-15)24(29)30-13-20-18-9-3-1-7-16(18)17-8-2-4-10-19(17)20/h1-4,7-10,14-15,20H,5-6,11-13H2,(H,27,28). The van der Waals surface area contributed by atoms with Crippen LogP contribution < -0.4 is 0 Å². The second kappa shape index (κ2) is 7.91. The Bertz CT molecular complexity index is 1090. The summed E-state index contributed by atoms with van der Waals surface area (Å²) in [6, 6.07) is 16.4. The van der Waals surface area contributed by atoms with Crippen LogP contribution in [0.2, 0.25) is 0 Å². The third kappa shape index (κ3) is 3.46. The predicted molar refractivity (Wildman–Crippen MR) is 112 cm³/mol. The Hall–Kier alpha value is -3.61. The van der Waals surface area contributed by atoms with Crippen molar-refractivity contribution in [3.8, 4) is 11.1 Å². The Kier molecular flexibility index (Phi) is 4.94. The highest BCUT2D eigenvalue weighted by molar-refractivity contribution is 5.86. The lowest BCUT2D eigenvalue weighted by Crippen LogP contribution is -2.40. The highest BCUT2D eigenvalue weighted by Crippen LogP contribution is 2.44. The van der Waals surface area contributed by atoms with Gasteiger partial charge in [-0.1, -0.05) is 48.5 Å². The van der Waals surface area contributed by atoms with Gasteiger partial charge in [-0.3, -0.25) is 0 Å². The molecule has 2 aliphatic rings. The number of nitrogens with zero attached hydrogens (tertiary/aromatic N) is 2. The molecule has 1 fully saturated rings. The molecule has 0 spiro atoms. The molecule has 2 heterocycles. The number of hydrogen-bond donors (Lipinski definition) is 1. The van der Waals surface area contributed by atoms with E-state index in [9.17, 15) is 14.7 Å². The van der Waals surface area contributed by atoms with Crippen molar-refractivity contribution in [2.45, 2.75) is 24.7 Å². The molecule has 1 atom stereocenters. The molecule has 7 nitrogen and oxygen atoms in total. The molecule has 31 heavy (non-hydrogen) atoms. The molecule has 1 aromatic heterocycles. The highest BCUT2D eigenvalue weighted by Gasteiger charge is 2.33. The summed E-state index contributed by atoms with van der Waals surface area (Å²) in [5.41, 5.74) is 4.62. The molecule has 0 radical (unpaired) electrons. The maximum atomic E-state index is 12.9. The van der Waals surface area contributed by atoms with Gasteiger partial charge in [0, 0.05) is 24.9 Å². The van der Waals surface area contributed by atoms with Crippen LogP contribution in [0.3, 0.4) is 0 Å². The fourth-order valence-electron chi connectivity index (χ4n) is 4.75. The van der Waals surface area contributed by atoms with Gasteiger partial charge < -0.3 is 19.2 Å². The second-order valence-electron chi connectivity index (χ2n) is 7.96. The number of carboxylic acids is 1. The Labute approximate surface area is 179 Å². The van der Waals surface area contributed by atoms with E-state index in [2.05, 4.69) is 29.2 Å². The van der Waals surface area contributed by atoms with Crippen molar-refractivity contribution in [1.29, 1.82) is 0 Å². The topological polar surface area (TPSA) is 92.9 Å². The van der Waals surface area contributed by atoms with E-state index in [1.807, 2.05) is 24.3 Å². The van der Waals surface area contributed by atoms with Gasteiger partial charge in [0.15, 0.2) is 12.1 Å². The Balaban J connectivity index is 1.29. The number of ether oxygens (including phenoxy) is 1. The largest absolute Gasteiger partial charge is 0.476 e. The van der Waals surface area contributed by atoms with E-state index in [0.29, 0.717) is 18.8 Å². The van der Waals surface area contributed by atoms with E-state index in [1.54, 1.807) is 4.90 Å². The maximum absolute atomic E-state index is 12.9. The number of oxazole rings is 1. The summed E-state index contributed by atoms with van der Waals surface area (Å²) < 4.78 is 11.1. The Morgan fingerprint density at radius 1 is 1.10 bits per heavy atom. The van der Waals surface area contributed by atoms with E-state index >= 15 is 0 Å². The van der Waals surface area contributed by atoms with Crippen LogP contribution in [0.15, 0.2) is 59.3 Å². The first-order valence-corrected chi connectivity index (χ1v) is 10.4. The number of rotatable bonds is 4. The van der Waals surface area contributed by atoms with Crippen LogP contribution in [-0.4, -0.2) is 46.7 Å². The van der Waals surface area contributed by atoms with Gasteiger partial charge in [0.2, 0.25) is 0 Å². The van der Waals surface area contributed by atoms with Gasteiger partial charge in [0.25, 0.3) is 0 Å². The summed E-state index contributed by atoms with van der Waals surface area (Å²) in [6.07, 6.45) is 2.24. The van der Waals surface area contributed by atoms with Crippen molar-refractivity contribution >= 4 is 12.1 Å². The van der Waals surface area contributed by atoms with Crippen LogP contribution in [-0.2, 0) is 4.74 Å². The normalized spacial score (nSPS) is 17.8. The smallest absolute Gasteiger partial charge is 0.409 e. The molecule has 7 heteroatoms. The Morgan fingerprint density at radius 3 is 2.45 bits per heavy atom. The van der Waals surface area contributed by atoms with Gasteiger partial charge in [-0.15, -0.1) is 0 Å². The number of benzene rings is 2. The van der Waals surface area contributed by atoms with Crippen LogP contribution in [0.25, 0.3) is 11.1 Å². The van der Waals surface area contributed by atoms with Crippen molar-refractivity contribution in [2.75, 3.05) is 19.7 Å². The number of carboxylic acid groups (broad SMARTS) is 1. The van der Waals surface area contributed by atoms with Gasteiger partial charge in [-0.2, -0.15) is 0 Å². The first-order valence-electron chi connectivity index (χ1n) is 10.4. The molecule has 1 amide bonds. The van der Waals surface area contributed by atoms with Gasteiger partial charge in [0.1, 0.15) is 12.4 Å². The molecule has 0 bridgehead atoms. The fraction of sp³-hybridized carbons (Fsp3) is 0.292. The molecule has 158 valence electrons. The lowest BCUT2D eigenvalue weighted by atomic mass is 9.94. The van der Waals surface area contributed by atoms with Crippen LogP contribution in [0.1, 0.15) is 52.1 Å². The molecule has 0 saturated carbocycles. The third-order valence-corrected chi connectivity index (χ3v) is 6.18. The van der Waals surface area contributed by atoms with Crippen molar-refractivity contribution in [2.24, 2.45) is 0 Å². The van der Waals surface area contributed by atoms with Crippen molar-refractivity contribution < 1.29 is 23.8 Å². The van der Waals surface area contributed by atoms with E-state index in [1.165, 1.54) is 22.3 Å². The molecular formula is C24H22N2O5. The van der Waals surface area contributed by atoms with E-state index < -0.39 is 5.97 Å². The second-order valence-corrected chi connectivity index (χ2v) is 7.96. The zero-order valence-electron chi connectivity index (χ0n) is 16.9. The molecule has 1 saturated heterocycles. The van der Waals surface area contributed by atoms with Crippen molar-refractivity contribution in [1.82, 2.24) is 9.88 Å². The number of aromatic carboxylic acids is 1. The molecule has 3 aromatic rings. The van der Waals surface area contributed by atoms with Crippen LogP contribution in [0.4, 0.5) is 4.79 Å². The van der Waals surface area contributed by atoms with Gasteiger partial charge in [-0.05, 0) is 35.1 Å². The molecule has 1 N–H and O–H groups in total. The van der Waals surface area contributed by atoms with E-state index in [-0.39, 0.29) is 30.2 Å². The first kappa shape index (κ1) is 19.4. The SMILES string of the molecule is O=C(O)c1ncoc1C1CCCN(C(=O)OCC2c3ccccc3-c3ccccc32)C1. The summed E-state index contributed by atoms with van der Waals surface area (Å²) in [4.78, 5) is 29.6. The first-order chi connectivity index (χ1) is 15.1. The fourth-order valence-corrected chi connectivity index (χ4v) is 4.75. The number of carbonyl (C=O) groups excluding carboxylic acids is 1. The van der Waals surface area contributed by atoms with Crippen LogP contribution >= 0.6 is 0 Å². The van der Waals surface area contributed by atoms with Gasteiger partial charge >= 0.3 is 12.1 Å². The Morgan fingerprint density at radius 2 is 1.77 bits per heavy atom. The van der Waals surface area contributed by atoms with Crippen LogP contribution in [0, 0.1) is 0 Å². The highest BCUT2D eigenvalue weighted by atomic mass is 16.6. The van der Waals surface area contributed by atoms with Crippen LogP contribution in [0.5, 0.6) is 0 Å². The molecule has 5 rings (SSSR count). The summed E-state index contributed by atoms with van der Waals surface area (Å²) in [5.74, 6) is -1.00. The number of fused-ring (bicyclic) bond motifs is 3. The van der Waals surface area contributed by atoms with E-state index in [4.69, 9.17) is 9.15 Å². The summed E-state index contributed by atoms with van der Waals surface area (Å²) in [7, 11) is 0. The number of carbonyl (C=O) groups is 2. The zero-order chi connectivity index (χ0) is 21.4. The predicted octanol–water partition coefficient (Wildman–Crippen LogP) is 4.50. The molecule has 1 unspecified atom stereocenters. The maximum Gasteiger partial charge on any atom is 0.409 e. The minimum absolute atomic E-state index is 0.00447. The number of aromatic nitrogens is 1. The zero-order valence-corrected chi connectivity index (χ0v) is 16.9. The average molecular weight is 418 g/mol. The van der Waals surface area contributed by atoms with Crippen molar-refractivity contribution in [3.05, 3.63) is 77.5 Å². The quantitative estimate of drug-likeness (QED) is 0.671. The number of amides is 1. The minimum atomic E-state index is -1.12. The lowest BCUT2D eigenvalue weighted by Gasteiger charge is -2.31. The van der Waals surface area contributed by atoms with E-state index in [0.717, 1.165) is 19.2 Å². The number of piperidine rings is 1.